The molecule has 1 fully saturated rings. The first-order valence-corrected chi connectivity index (χ1v) is 8.19. The van der Waals surface area contributed by atoms with Crippen LogP contribution in [0, 0.1) is 5.41 Å². The van der Waals surface area contributed by atoms with Crippen LogP contribution in [0.2, 0.25) is 0 Å². The standard InChI is InChI=1S/C18H28N2O/c1-4-9-18(10-12-19-13-11-18)17(21)20-16-7-5-15(6-8-16)14(2)3/h5-8,14,19H,4,9-13H2,1-3H3,(H,20,21). The maximum atomic E-state index is 12.8. The van der Waals surface area contributed by atoms with Crippen molar-refractivity contribution in [2.45, 2.75) is 52.4 Å². The van der Waals surface area contributed by atoms with Crippen molar-refractivity contribution >= 4 is 11.6 Å². The molecule has 0 aliphatic carbocycles. The summed E-state index contributed by atoms with van der Waals surface area (Å²) in [6.07, 6.45) is 3.91. The molecule has 21 heavy (non-hydrogen) atoms. The van der Waals surface area contributed by atoms with Gasteiger partial charge in [0.2, 0.25) is 5.91 Å². The molecule has 1 aromatic carbocycles. The third-order valence-electron chi connectivity index (χ3n) is 4.61. The van der Waals surface area contributed by atoms with E-state index in [0.29, 0.717) is 5.92 Å². The molecule has 0 bridgehead atoms. The number of carbonyl (C=O) groups excluding carboxylic acids is 1. The number of benzene rings is 1. The van der Waals surface area contributed by atoms with Crippen molar-refractivity contribution < 1.29 is 4.79 Å². The van der Waals surface area contributed by atoms with Crippen LogP contribution in [0.15, 0.2) is 24.3 Å². The van der Waals surface area contributed by atoms with Gasteiger partial charge in [0.05, 0.1) is 5.41 Å². The Kier molecular flexibility index (Phi) is 5.40. The van der Waals surface area contributed by atoms with Gasteiger partial charge in [0.1, 0.15) is 0 Å². The van der Waals surface area contributed by atoms with Crippen molar-refractivity contribution in [1.29, 1.82) is 0 Å². The molecule has 116 valence electrons. The van der Waals surface area contributed by atoms with Gasteiger partial charge in [-0.3, -0.25) is 4.79 Å². The summed E-state index contributed by atoms with van der Waals surface area (Å²) >= 11 is 0. The Morgan fingerprint density at radius 2 is 1.86 bits per heavy atom. The third kappa shape index (κ3) is 3.85. The van der Waals surface area contributed by atoms with Crippen molar-refractivity contribution in [3.63, 3.8) is 0 Å². The van der Waals surface area contributed by atoms with Crippen LogP contribution in [0.3, 0.4) is 0 Å². The third-order valence-corrected chi connectivity index (χ3v) is 4.61. The van der Waals surface area contributed by atoms with Gasteiger partial charge < -0.3 is 10.6 Å². The van der Waals surface area contributed by atoms with E-state index in [9.17, 15) is 4.79 Å². The molecule has 3 nitrogen and oxygen atoms in total. The number of piperidine rings is 1. The van der Waals surface area contributed by atoms with E-state index in [4.69, 9.17) is 0 Å². The highest BCUT2D eigenvalue weighted by Gasteiger charge is 2.38. The number of amides is 1. The van der Waals surface area contributed by atoms with Gasteiger partial charge in [-0.2, -0.15) is 0 Å². The lowest BCUT2D eigenvalue weighted by atomic mass is 9.74. The molecule has 2 rings (SSSR count). The van der Waals surface area contributed by atoms with Gasteiger partial charge in [0, 0.05) is 5.69 Å². The Morgan fingerprint density at radius 1 is 1.24 bits per heavy atom. The zero-order valence-corrected chi connectivity index (χ0v) is 13.5. The highest BCUT2D eigenvalue weighted by molar-refractivity contribution is 5.95. The predicted molar refractivity (Wildman–Crippen MR) is 88.6 cm³/mol. The molecule has 0 saturated carbocycles. The second kappa shape index (κ2) is 7.08. The minimum absolute atomic E-state index is 0.184. The number of rotatable bonds is 5. The summed E-state index contributed by atoms with van der Waals surface area (Å²) in [5.74, 6) is 0.716. The summed E-state index contributed by atoms with van der Waals surface area (Å²) < 4.78 is 0. The van der Waals surface area contributed by atoms with Crippen molar-refractivity contribution in [3.8, 4) is 0 Å². The van der Waals surface area contributed by atoms with Gasteiger partial charge in [-0.15, -0.1) is 0 Å². The molecular formula is C18H28N2O. The van der Waals surface area contributed by atoms with E-state index in [2.05, 4.69) is 43.5 Å². The molecule has 0 spiro atoms. The van der Waals surface area contributed by atoms with E-state index >= 15 is 0 Å². The highest BCUT2D eigenvalue weighted by Crippen LogP contribution is 2.35. The summed E-state index contributed by atoms with van der Waals surface area (Å²) in [7, 11) is 0. The Labute approximate surface area is 128 Å². The van der Waals surface area contributed by atoms with Crippen LogP contribution < -0.4 is 10.6 Å². The first kappa shape index (κ1) is 16.0. The van der Waals surface area contributed by atoms with E-state index in [1.807, 2.05) is 12.1 Å². The Bertz CT molecular complexity index is 453. The van der Waals surface area contributed by atoms with E-state index in [-0.39, 0.29) is 11.3 Å². The van der Waals surface area contributed by atoms with Gasteiger partial charge in [0.15, 0.2) is 0 Å². The quantitative estimate of drug-likeness (QED) is 0.862. The van der Waals surface area contributed by atoms with Crippen molar-refractivity contribution in [2.75, 3.05) is 18.4 Å². The van der Waals surface area contributed by atoms with Crippen LogP contribution in [-0.4, -0.2) is 19.0 Å². The molecule has 1 heterocycles. The van der Waals surface area contributed by atoms with E-state index in [1.165, 1.54) is 5.56 Å². The van der Waals surface area contributed by atoms with Crippen LogP contribution in [0.4, 0.5) is 5.69 Å². The monoisotopic (exact) mass is 288 g/mol. The average molecular weight is 288 g/mol. The number of anilines is 1. The first-order chi connectivity index (χ1) is 10.1. The number of hydrogen-bond donors (Lipinski definition) is 2. The summed E-state index contributed by atoms with van der Waals surface area (Å²) in [5.41, 5.74) is 2.04. The normalized spacial score (nSPS) is 17.7. The van der Waals surface area contributed by atoms with Crippen LogP contribution in [0.25, 0.3) is 0 Å². The molecule has 0 atom stereocenters. The van der Waals surface area contributed by atoms with Gasteiger partial charge in [-0.05, 0) is 56.0 Å². The highest BCUT2D eigenvalue weighted by atomic mass is 16.2. The molecule has 1 aliphatic rings. The summed E-state index contributed by atoms with van der Waals surface area (Å²) in [6, 6.07) is 8.26. The lowest BCUT2D eigenvalue weighted by Crippen LogP contribution is -2.44. The fourth-order valence-corrected chi connectivity index (χ4v) is 3.19. The lowest BCUT2D eigenvalue weighted by molar-refractivity contribution is -0.127. The molecule has 0 unspecified atom stereocenters. The average Bonchev–Trinajstić information content (AvgIpc) is 2.49. The summed E-state index contributed by atoms with van der Waals surface area (Å²) in [5, 5.41) is 6.49. The molecule has 3 heteroatoms. The van der Waals surface area contributed by atoms with Crippen LogP contribution in [0.1, 0.15) is 57.9 Å². The van der Waals surface area contributed by atoms with Gasteiger partial charge in [-0.1, -0.05) is 39.3 Å². The topological polar surface area (TPSA) is 41.1 Å². The minimum Gasteiger partial charge on any atom is -0.326 e. The van der Waals surface area contributed by atoms with E-state index < -0.39 is 0 Å². The zero-order chi connectivity index (χ0) is 15.3. The van der Waals surface area contributed by atoms with Gasteiger partial charge >= 0.3 is 0 Å². The SMILES string of the molecule is CCCC1(C(=O)Nc2ccc(C(C)C)cc2)CCNCC1. The summed E-state index contributed by atoms with van der Waals surface area (Å²) in [6.45, 7) is 8.41. The fraction of sp³-hybridized carbons (Fsp3) is 0.611. The largest absolute Gasteiger partial charge is 0.326 e. The minimum atomic E-state index is -0.184. The molecule has 1 amide bonds. The number of carbonyl (C=O) groups is 1. The molecule has 2 N–H and O–H groups in total. The van der Waals surface area contributed by atoms with Gasteiger partial charge in [0.25, 0.3) is 0 Å². The molecule has 1 saturated heterocycles. The number of hydrogen-bond acceptors (Lipinski definition) is 2. The Morgan fingerprint density at radius 3 is 2.38 bits per heavy atom. The first-order valence-electron chi connectivity index (χ1n) is 8.19. The van der Waals surface area contributed by atoms with E-state index in [0.717, 1.165) is 44.5 Å². The zero-order valence-electron chi connectivity index (χ0n) is 13.5. The predicted octanol–water partition coefficient (Wildman–Crippen LogP) is 3.92. The molecule has 0 aromatic heterocycles. The second-order valence-electron chi connectivity index (χ2n) is 6.51. The number of nitrogens with one attached hydrogen (secondary N) is 2. The maximum Gasteiger partial charge on any atom is 0.230 e. The molecule has 1 aromatic rings. The Hall–Kier alpha value is -1.35. The van der Waals surface area contributed by atoms with E-state index in [1.54, 1.807) is 0 Å². The van der Waals surface area contributed by atoms with Crippen LogP contribution in [-0.2, 0) is 4.79 Å². The molecule has 1 aliphatic heterocycles. The molecular weight excluding hydrogens is 260 g/mol. The molecule has 0 radical (unpaired) electrons. The van der Waals surface area contributed by atoms with Crippen molar-refractivity contribution in [3.05, 3.63) is 29.8 Å². The van der Waals surface area contributed by atoms with Gasteiger partial charge in [-0.25, -0.2) is 0 Å². The lowest BCUT2D eigenvalue weighted by Gasteiger charge is -2.36. The summed E-state index contributed by atoms with van der Waals surface area (Å²) in [4.78, 5) is 12.8. The second-order valence-corrected chi connectivity index (χ2v) is 6.51. The van der Waals surface area contributed by atoms with Crippen molar-refractivity contribution in [1.82, 2.24) is 5.32 Å². The van der Waals surface area contributed by atoms with Crippen LogP contribution >= 0.6 is 0 Å². The van der Waals surface area contributed by atoms with Crippen molar-refractivity contribution in [2.24, 2.45) is 5.41 Å². The van der Waals surface area contributed by atoms with Crippen LogP contribution in [0.5, 0.6) is 0 Å². The maximum absolute atomic E-state index is 12.8. The Balaban J connectivity index is 2.07. The fourth-order valence-electron chi connectivity index (χ4n) is 3.19. The smallest absolute Gasteiger partial charge is 0.230 e.